The molecular weight excluding hydrogens is 266 g/mol. The number of hydrogen-bond acceptors (Lipinski definition) is 3. The van der Waals surface area contributed by atoms with E-state index >= 15 is 0 Å². The summed E-state index contributed by atoms with van der Waals surface area (Å²) in [6.45, 7) is 8.87. The summed E-state index contributed by atoms with van der Waals surface area (Å²) in [5.41, 5.74) is 0. The molecule has 0 heterocycles. The lowest BCUT2D eigenvalue weighted by Gasteiger charge is -2.21. The smallest absolute Gasteiger partial charge is 0.317 e. The number of hydrogen-bond donors (Lipinski definition) is 1. The standard InChI is InChI=1S/C16H27N3O2/c1-4-19(5-2)12-11-17-16(20)18(3)13-14-21-15-9-7-6-8-10-15/h6-10H,4-5,11-14H2,1-3H3,(H,17,20). The predicted octanol–water partition coefficient (Wildman–Crippen LogP) is 2.05. The molecule has 0 aromatic heterocycles. The van der Waals surface area contributed by atoms with Gasteiger partial charge < -0.3 is 19.9 Å². The molecule has 0 bridgehead atoms. The zero-order valence-electron chi connectivity index (χ0n) is 13.3. The van der Waals surface area contributed by atoms with Crippen molar-refractivity contribution in [2.24, 2.45) is 0 Å². The highest BCUT2D eigenvalue weighted by Crippen LogP contribution is 2.07. The second-order valence-electron chi connectivity index (χ2n) is 4.84. The molecule has 0 aliphatic heterocycles. The summed E-state index contributed by atoms with van der Waals surface area (Å²) in [6, 6.07) is 9.56. The lowest BCUT2D eigenvalue weighted by molar-refractivity contribution is 0.193. The molecular formula is C16H27N3O2. The van der Waals surface area contributed by atoms with Gasteiger partial charge in [-0.25, -0.2) is 4.79 Å². The molecule has 0 unspecified atom stereocenters. The van der Waals surface area contributed by atoms with Crippen molar-refractivity contribution in [1.29, 1.82) is 0 Å². The van der Waals surface area contributed by atoms with E-state index in [2.05, 4.69) is 24.1 Å². The van der Waals surface area contributed by atoms with Crippen LogP contribution in [-0.2, 0) is 0 Å². The van der Waals surface area contributed by atoms with Crippen molar-refractivity contribution in [3.63, 3.8) is 0 Å². The second kappa shape index (κ2) is 10.0. The van der Waals surface area contributed by atoms with E-state index < -0.39 is 0 Å². The SMILES string of the molecule is CCN(CC)CCNC(=O)N(C)CCOc1ccccc1. The van der Waals surface area contributed by atoms with Crippen molar-refractivity contribution in [1.82, 2.24) is 15.1 Å². The molecule has 0 atom stereocenters. The Balaban J connectivity index is 2.16. The highest BCUT2D eigenvalue weighted by Gasteiger charge is 2.08. The van der Waals surface area contributed by atoms with Crippen molar-refractivity contribution in [3.05, 3.63) is 30.3 Å². The molecule has 5 heteroatoms. The van der Waals surface area contributed by atoms with Gasteiger partial charge >= 0.3 is 6.03 Å². The average molecular weight is 293 g/mol. The Kier molecular flexibility index (Phi) is 8.28. The number of benzene rings is 1. The third kappa shape index (κ3) is 6.99. The number of ether oxygens (including phenoxy) is 1. The summed E-state index contributed by atoms with van der Waals surface area (Å²) in [6.07, 6.45) is 0. The number of amides is 2. The minimum atomic E-state index is -0.0567. The summed E-state index contributed by atoms with van der Waals surface area (Å²) in [7, 11) is 1.78. The number of urea groups is 1. The topological polar surface area (TPSA) is 44.8 Å². The zero-order chi connectivity index (χ0) is 15.5. The molecule has 0 aliphatic rings. The van der Waals surface area contributed by atoms with Gasteiger partial charge in [0.05, 0.1) is 6.54 Å². The number of nitrogens with zero attached hydrogens (tertiary/aromatic N) is 2. The summed E-state index contributed by atoms with van der Waals surface area (Å²) < 4.78 is 5.57. The molecule has 0 fully saturated rings. The van der Waals surface area contributed by atoms with E-state index in [1.165, 1.54) is 0 Å². The molecule has 1 aromatic carbocycles. The zero-order valence-corrected chi connectivity index (χ0v) is 13.3. The van der Waals surface area contributed by atoms with E-state index in [0.29, 0.717) is 19.7 Å². The van der Waals surface area contributed by atoms with Crippen molar-refractivity contribution >= 4 is 6.03 Å². The lowest BCUT2D eigenvalue weighted by atomic mass is 10.3. The number of nitrogens with one attached hydrogen (secondary N) is 1. The predicted molar refractivity (Wildman–Crippen MR) is 85.8 cm³/mol. The Morgan fingerprint density at radius 1 is 1.14 bits per heavy atom. The van der Waals surface area contributed by atoms with Gasteiger partial charge in [-0.05, 0) is 25.2 Å². The maximum absolute atomic E-state index is 11.9. The van der Waals surface area contributed by atoms with Crippen LogP contribution in [0.2, 0.25) is 0 Å². The van der Waals surface area contributed by atoms with Gasteiger partial charge in [0.2, 0.25) is 0 Å². The molecule has 1 aromatic rings. The molecule has 118 valence electrons. The highest BCUT2D eigenvalue weighted by molar-refractivity contribution is 5.73. The number of rotatable bonds is 9. The van der Waals surface area contributed by atoms with Crippen LogP contribution < -0.4 is 10.1 Å². The number of likely N-dealkylation sites (N-methyl/N-ethyl adjacent to an activating group) is 2. The first kappa shape index (κ1) is 17.3. The molecule has 0 spiro atoms. The van der Waals surface area contributed by atoms with Crippen LogP contribution in [0, 0.1) is 0 Å². The third-order valence-corrected chi connectivity index (χ3v) is 3.38. The van der Waals surface area contributed by atoms with Gasteiger partial charge in [-0.2, -0.15) is 0 Å². The van der Waals surface area contributed by atoms with Crippen molar-refractivity contribution in [2.75, 3.05) is 46.4 Å². The van der Waals surface area contributed by atoms with Crippen molar-refractivity contribution < 1.29 is 9.53 Å². The van der Waals surface area contributed by atoms with E-state index in [4.69, 9.17) is 4.74 Å². The Morgan fingerprint density at radius 2 is 1.81 bits per heavy atom. The van der Waals surface area contributed by atoms with Crippen LogP contribution in [0.4, 0.5) is 4.79 Å². The molecule has 0 radical (unpaired) electrons. The van der Waals surface area contributed by atoms with Crippen LogP contribution in [0.15, 0.2) is 30.3 Å². The average Bonchev–Trinajstić information content (AvgIpc) is 2.52. The molecule has 5 nitrogen and oxygen atoms in total. The summed E-state index contributed by atoms with van der Waals surface area (Å²) in [4.78, 5) is 15.8. The molecule has 0 saturated heterocycles. The Morgan fingerprint density at radius 3 is 2.43 bits per heavy atom. The number of carbonyl (C=O) groups is 1. The van der Waals surface area contributed by atoms with E-state index in [9.17, 15) is 4.79 Å². The molecule has 0 aliphatic carbocycles. The van der Waals surface area contributed by atoms with E-state index in [1.54, 1.807) is 11.9 Å². The third-order valence-electron chi connectivity index (χ3n) is 3.38. The van der Waals surface area contributed by atoms with E-state index in [1.807, 2.05) is 30.3 Å². The molecule has 0 saturated carbocycles. The largest absolute Gasteiger partial charge is 0.492 e. The van der Waals surface area contributed by atoms with Gasteiger partial charge in [0.25, 0.3) is 0 Å². The Labute approximate surface area is 127 Å². The van der Waals surface area contributed by atoms with Crippen LogP contribution in [0.25, 0.3) is 0 Å². The van der Waals surface area contributed by atoms with Gasteiger partial charge in [0.1, 0.15) is 12.4 Å². The van der Waals surface area contributed by atoms with Crippen LogP contribution >= 0.6 is 0 Å². The summed E-state index contributed by atoms with van der Waals surface area (Å²) in [5, 5.41) is 2.92. The minimum absolute atomic E-state index is 0.0567. The van der Waals surface area contributed by atoms with Gasteiger partial charge in [-0.15, -0.1) is 0 Å². The van der Waals surface area contributed by atoms with Crippen LogP contribution in [0.1, 0.15) is 13.8 Å². The van der Waals surface area contributed by atoms with Crippen LogP contribution in [0.3, 0.4) is 0 Å². The fourth-order valence-corrected chi connectivity index (χ4v) is 1.91. The monoisotopic (exact) mass is 293 g/mol. The quantitative estimate of drug-likeness (QED) is 0.758. The van der Waals surface area contributed by atoms with Gasteiger partial charge in [-0.3, -0.25) is 0 Å². The first-order valence-corrected chi connectivity index (χ1v) is 7.56. The van der Waals surface area contributed by atoms with Crippen LogP contribution in [0.5, 0.6) is 5.75 Å². The summed E-state index contributed by atoms with van der Waals surface area (Å²) >= 11 is 0. The maximum atomic E-state index is 11.9. The van der Waals surface area contributed by atoms with E-state index in [-0.39, 0.29) is 6.03 Å². The minimum Gasteiger partial charge on any atom is -0.492 e. The van der Waals surface area contributed by atoms with Crippen LogP contribution in [-0.4, -0.2) is 62.2 Å². The fraction of sp³-hybridized carbons (Fsp3) is 0.562. The lowest BCUT2D eigenvalue weighted by Crippen LogP contribution is -2.42. The number of carbonyl (C=O) groups excluding carboxylic acids is 1. The fourth-order valence-electron chi connectivity index (χ4n) is 1.91. The van der Waals surface area contributed by atoms with Crippen molar-refractivity contribution in [2.45, 2.75) is 13.8 Å². The molecule has 1 N–H and O–H groups in total. The highest BCUT2D eigenvalue weighted by atomic mass is 16.5. The molecule has 2 amide bonds. The van der Waals surface area contributed by atoms with Gasteiger partial charge in [0, 0.05) is 20.1 Å². The first-order chi connectivity index (χ1) is 10.2. The molecule has 21 heavy (non-hydrogen) atoms. The van der Waals surface area contributed by atoms with E-state index in [0.717, 1.165) is 25.4 Å². The first-order valence-electron chi connectivity index (χ1n) is 7.56. The van der Waals surface area contributed by atoms with Gasteiger partial charge in [-0.1, -0.05) is 32.0 Å². The maximum Gasteiger partial charge on any atom is 0.317 e. The summed E-state index contributed by atoms with van der Waals surface area (Å²) in [5.74, 6) is 0.827. The Bertz CT molecular complexity index is 394. The molecule has 1 rings (SSSR count). The Hall–Kier alpha value is -1.75. The second-order valence-corrected chi connectivity index (χ2v) is 4.84. The number of para-hydroxylation sites is 1. The normalized spacial score (nSPS) is 10.5. The van der Waals surface area contributed by atoms with Crippen molar-refractivity contribution in [3.8, 4) is 5.75 Å². The van der Waals surface area contributed by atoms with Gasteiger partial charge in [0.15, 0.2) is 0 Å².